The molecule has 0 heterocycles. The summed E-state index contributed by atoms with van der Waals surface area (Å²) in [5.74, 6) is 0. The Labute approximate surface area is 66.6 Å². The molecule has 0 aliphatic carbocycles. The van der Waals surface area contributed by atoms with Gasteiger partial charge >= 0.3 is 0 Å². The molecule has 1 rings (SSSR count). The molecule has 0 aliphatic rings. The lowest BCUT2D eigenvalue weighted by molar-refractivity contribution is 1.68. The Morgan fingerprint density at radius 2 is 1.80 bits per heavy atom. The van der Waals surface area contributed by atoms with E-state index < -0.39 is 7.55 Å². The zero-order valence-corrected chi connectivity index (χ0v) is 7.60. The second kappa shape index (κ2) is 2.74. The summed E-state index contributed by atoms with van der Waals surface area (Å²) in [5.41, 5.74) is 0. The van der Waals surface area contributed by atoms with E-state index >= 15 is 0 Å². The van der Waals surface area contributed by atoms with Gasteiger partial charge in [-0.15, -0.1) is 11.1 Å². The molecule has 54 valence electrons. The lowest BCUT2D eigenvalue weighted by atomic mass is 10.4. The third-order valence-corrected chi connectivity index (χ3v) is 3.46. The second-order valence-electron chi connectivity index (χ2n) is 2.44. The van der Waals surface area contributed by atoms with Gasteiger partial charge in [-0.3, -0.25) is 0 Å². The van der Waals surface area contributed by atoms with Gasteiger partial charge in [0.05, 0.1) is 0 Å². The predicted molar refractivity (Wildman–Crippen MR) is 47.7 cm³/mol. The Bertz CT molecular complexity index is 205. The molecule has 0 radical (unpaired) electrons. The Morgan fingerprint density at radius 1 is 1.30 bits per heavy atom. The summed E-state index contributed by atoms with van der Waals surface area (Å²) in [6, 6.07) is 9.81. The van der Waals surface area contributed by atoms with Crippen LogP contribution < -0.4 is 10.6 Å². The van der Waals surface area contributed by atoms with Crippen molar-refractivity contribution in [2.24, 2.45) is 5.40 Å². The molecule has 1 aromatic carbocycles. The summed E-state index contributed by atoms with van der Waals surface area (Å²) >= 11 is 5.98. The smallest absolute Gasteiger partial charge is 0.252 e. The van der Waals surface area contributed by atoms with Crippen molar-refractivity contribution in [3.63, 3.8) is 0 Å². The molecule has 10 heavy (non-hydrogen) atoms. The molecular weight excluding hydrogens is 162 g/mol. The van der Waals surface area contributed by atoms with Crippen molar-refractivity contribution in [2.45, 2.75) is 6.55 Å². The molecule has 1 atom stereocenters. The zero-order chi connectivity index (χ0) is 7.61. The van der Waals surface area contributed by atoms with Gasteiger partial charge in [-0.2, -0.15) is 0 Å². The van der Waals surface area contributed by atoms with Crippen LogP contribution in [0.4, 0.5) is 0 Å². The highest BCUT2D eigenvalue weighted by molar-refractivity contribution is 7.25. The first-order chi connectivity index (χ1) is 4.61. The van der Waals surface area contributed by atoms with Gasteiger partial charge in [0.1, 0.15) is 0 Å². The SMILES string of the molecule is C[Si](N)(Cl)c1ccccc1. The first-order valence-electron chi connectivity index (χ1n) is 3.14. The summed E-state index contributed by atoms with van der Waals surface area (Å²) in [5, 5.41) is 6.84. The summed E-state index contributed by atoms with van der Waals surface area (Å²) in [4.78, 5) is 0. The molecule has 0 bridgehead atoms. The topological polar surface area (TPSA) is 26.0 Å². The molecule has 1 aromatic rings. The van der Waals surface area contributed by atoms with Crippen LogP contribution in [0.15, 0.2) is 30.3 Å². The first kappa shape index (κ1) is 7.79. The minimum absolute atomic E-state index is 1.08. The minimum Gasteiger partial charge on any atom is -0.336 e. The van der Waals surface area contributed by atoms with Crippen molar-refractivity contribution in [3.8, 4) is 0 Å². The van der Waals surface area contributed by atoms with Crippen molar-refractivity contribution in [1.29, 1.82) is 0 Å². The number of nitrogens with two attached hydrogens (primary N) is 1. The average Bonchev–Trinajstić information content (AvgIpc) is 1.88. The zero-order valence-electron chi connectivity index (χ0n) is 5.84. The second-order valence-corrected chi connectivity index (χ2v) is 7.53. The summed E-state index contributed by atoms with van der Waals surface area (Å²) < 4.78 is 0. The largest absolute Gasteiger partial charge is 0.336 e. The maximum atomic E-state index is 5.98. The molecule has 0 spiro atoms. The Hall–Kier alpha value is -0.313. The van der Waals surface area contributed by atoms with Gasteiger partial charge in [0, 0.05) is 0 Å². The minimum atomic E-state index is -2.06. The standard InChI is InChI=1S/C7H10ClNSi/c1-10(8,9)7-5-3-2-4-6-7/h2-6H,9H2,1H3. The highest BCUT2D eigenvalue weighted by atomic mass is 35.6. The quantitative estimate of drug-likeness (QED) is 0.498. The molecule has 1 unspecified atom stereocenters. The normalized spacial score (nSPS) is 16.3. The van der Waals surface area contributed by atoms with Crippen LogP contribution in [0.2, 0.25) is 6.55 Å². The van der Waals surface area contributed by atoms with Crippen LogP contribution in [0, 0.1) is 0 Å². The van der Waals surface area contributed by atoms with Crippen LogP contribution in [0.3, 0.4) is 0 Å². The van der Waals surface area contributed by atoms with E-state index in [4.69, 9.17) is 16.5 Å². The fourth-order valence-corrected chi connectivity index (χ4v) is 1.99. The Balaban J connectivity index is 2.97. The summed E-state index contributed by atoms with van der Waals surface area (Å²) in [7, 11) is -2.06. The highest BCUT2D eigenvalue weighted by Crippen LogP contribution is 1.99. The molecule has 3 heteroatoms. The summed E-state index contributed by atoms with van der Waals surface area (Å²) in [6.07, 6.45) is 0. The van der Waals surface area contributed by atoms with Crippen LogP contribution >= 0.6 is 11.1 Å². The number of hydrogen-bond acceptors (Lipinski definition) is 1. The molecular formula is C7H10ClNSi. The maximum absolute atomic E-state index is 5.98. The van der Waals surface area contributed by atoms with Crippen molar-refractivity contribution >= 4 is 23.8 Å². The number of benzene rings is 1. The van der Waals surface area contributed by atoms with Crippen LogP contribution in [-0.2, 0) is 0 Å². The van der Waals surface area contributed by atoms with E-state index in [-0.39, 0.29) is 0 Å². The van der Waals surface area contributed by atoms with Gasteiger partial charge in [-0.05, 0) is 11.7 Å². The van der Waals surface area contributed by atoms with E-state index in [9.17, 15) is 0 Å². The third-order valence-electron chi connectivity index (χ3n) is 1.34. The molecule has 1 nitrogen and oxygen atoms in total. The third kappa shape index (κ3) is 1.83. The summed E-state index contributed by atoms with van der Waals surface area (Å²) in [6.45, 7) is 1.91. The lowest BCUT2D eigenvalue weighted by Gasteiger charge is -2.11. The van der Waals surface area contributed by atoms with Crippen molar-refractivity contribution in [2.75, 3.05) is 0 Å². The molecule has 2 N–H and O–H groups in total. The molecule has 0 saturated heterocycles. The van der Waals surface area contributed by atoms with Gasteiger partial charge < -0.3 is 5.40 Å². The maximum Gasteiger partial charge on any atom is 0.252 e. The Kier molecular flexibility index (Phi) is 2.13. The number of hydrogen-bond donors (Lipinski definition) is 1. The van der Waals surface area contributed by atoms with Crippen LogP contribution in [0.1, 0.15) is 0 Å². The first-order valence-corrected chi connectivity index (χ1v) is 6.73. The molecule has 0 aliphatic heterocycles. The fraction of sp³-hybridized carbons (Fsp3) is 0.143. The predicted octanol–water partition coefficient (Wildman–Crippen LogP) is 1.16. The van der Waals surface area contributed by atoms with Crippen molar-refractivity contribution in [3.05, 3.63) is 30.3 Å². The average molecular weight is 172 g/mol. The molecule has 0 saturated carbocycles. The molecule has 0 aromatic heterocycles. The number of halogens is 1. The van der Waals surface area contributed by atoms with E-state index in [2.05, 4.69) is 0 Å². The highest BCUT2D eigenvalue weighted by Gasteiger charge is 2.19. The number of rotatable bonds is 1. The van der Waals surface area contributed by atoms with E-state index in [1.165, 1.54) is 0 Å². The van der Waals surface area contributed by atoms with E-state index in [1.807, 2.05) is 36.9 Å². The van der Waals surface area contributed by atoms with Crippen molar-refractivity contribution < 1.29 is 0 Å². The molecule has 0 amide bonds. The fourth-order valence-electron chi connectivity index (χ4n) is 0.764. The van der Waals surface area contributed by atoms with Crippen molar-refractivity contribution in [1.82, 2.24) is 0 Å². The van der Waals surface area contributed by atoms with E-state index in [0.29, 0.717) is 0 Å². The monoisotopic (exact) mass is 171 g/mol. The van der Waals surface area contributed by atoms with Gasteiger partial charge in [-0.1, -0.05) is 30.3 Å². The lowest BCUT2D eigenvalue weighted by Crippen LogP contribution is -2.48. The van der Waals surface area contributed by atoms with Crippen LogP contribution in [0.5, 0.6) is 0 Å². The van der Waals surface area contributed by atoms with Gasteiger partial charge in [0.25, 0.3) is 7.55 Å². The van der Waals surface area contributed by atoms with E-state index in [0.717, 1.165) is 5.19 Å². The van der Waals surface area contributed by atoms with Gasteiger partial charge in [0.15, 0.2) is 0 Å². The van der Waals surface area contributed by atoms with Gasteiger partial charge in [-0.25, -0.2) is 0 Å². The van der Waals surface area contributed by atoms with Crippen LogP contribution in [0.25, 0.3) is 0 Å². The molecule has 0 fully saturated rings. The van der Waals surface area contributed by atoms with Gasteiger partial charge in [0.2, 0.25) is 0 Å². The van der Waals surface area contributed by atoms with E-state index in [1.54, 1.807) is 0 Å². The van der Waals surface area contributed by atoms with Crippen LogP contribution in [-0.4, -0.2) is 7.55 Å². The Morgan fingerprint density at radius 3 is 2.10 bits per heavy atom.